The number of aromatic nitrogens is 2. The van der Waals surface area contributed by atoms with E-state index in [1.807, 2.05) is 37.6 Å². The molecule has 0 spiro atoms. The first-order valence-electron chi connectivity index (χ1n) is 8.41. The van der Waals surface area contributed by atoms with Crippen LogP contribution in [0.2, 0.25) is 5.02 Å². The topological polar surface area (TPSA) is 59.0 Å². The third-order valence-corrected chi connectivity index (χ3v) is 5.86. The Bertz CT molecular complexity index is 765. The van der Waals surface area contributed by atoms with Crippen LogP contribution in [0.1, 0.15) is 25.3 Å². The molecule has 1 aliphatic heterocycles. The van der Waals surface area contributed by atoms with Gasteiger partial charge in [-0.2, -0.15) is 5.10 Å². The number of rotatable bonds is 5. The Morgan fingerprint density at radius 2 is 2.19 bits per heavy atom. The fourth-order valence-corrected chi connectivity index (χ4v) is 4.33. The van der Waals surface area contributed by atoms with Crippen LogP contribution in [0.5, 0.6) is 0 Å². The monoisotopic (exact) mass is 414 g/mol. The molecule has 2 atom stereocenters. The molecule has 0 saturated carbocycles. The van der Waals surface area contributed by atoms with Gasteiger partial charge in [0.1, 0.15) is 0 Å². The number of halogens is 2. The Balaban J connectivity index is 0.00000243. The van der Waals surface area contributed by atoms with Crippen molar-refractivity contribution >= 4 is 47.4 Å². The summed E-state index contributed by atoms with van der Waals surface area (Å²) >= 11 is 8.01. The lowest BCUT2D eigenvalue weighted by atomic mass is 9.90. The third-order valence-electron chi connectivity index (χ3n) is 4.28. The number of nitrogens with zero attached hydrogens (tertiary/aromatic N) is 2. The molecule has 1 aromatic carbocycles. The summed E-state index contributed by atoms with van der Waals surface area (Å²) in [6.45, 7) is 5.67. The van der Waals surface area contributed by atoms with Gasteiger partial charge < -0.3 is 10.6 Å². The van der Waals surface area contributed by atoms with E-state index in [0.29, 0.717) is 16.8 Å². The van der Waals surface area contributed by atoms with E-state index in [1.54, 1.807) is 16.4 Å². The highest BCUT2D eigenvalue weighted by Crippen LogP contribution is 2.37. The Morgan fingerprint density at radius 3 is 2.85 bits per heavy atom. The molecule has 1 fully saturated rings. The molecular formula is C18H24Cl2N4OS. The van der Waals surface area contributed by atoms with Crippen LogP contribution in [0.25, 0.3) is 0 Å². The predicted molar refractivity (Wildman–Crippen MR) is 111 cm³/mol. The molecule has 0 aliphatic carbocycles. The van der Waals surface area contributed by atoms with Gasteiger partial charge in [0, 0.05) is 42.4 Å². The Hall–Kier alpha value is -1.21. The second kappa shape index (κ2) is 9.13. The minimum absolute atomic E-state index is 0. The summed E-state index contributed by atoms with van der Waals surface area (Å²) in [5.74, 6) is 0.0286. The van der Waals surface area contributed by atoms with Crippen molar-refractivity contribution in [2.24, 2.45) is 13.0 Å². The lowest BCUT2D eigenvalue weighted by molar-refractivity contribution is -0.119. The van der Waals surface area contributed by atoms with Crippen LogP contribution >= 0.6 is 35.8 Å². The highest BCUT2D eigenvalue weighted by atomic mass is 35.5. The smallest absolute Gasteiger partial charge is 0.229 e. The first-order chi connectivity index (χ1) is 12.0. The number of amides is 1. The van der Waals surface area contributed by atoms with Crippen LogP contribution in [-0.4, -0.2) is 34.0 Å². The molecular weight excluding hydrogens is 391 g/mol. The number of anilines is 1. The van der Waals surface area contributed by atoms with E-state index in [0.717, 1.165) is 22.7 Å². The van der Waals surface area contributed by atoms with Gasteiger partial charge in [-0.1, -0.05) is 31.5 Å². The molecule has 3 rings (SSSR count). The molecule has 0 bridgehead atoms. The van der Waals surface area contributed by atoms with Crippen molar-refractivity contribution in [1.29, 1.82) is 0 Å². The van der Waals surface area contributed by atoms with E-state index < -0.39 is 0 Å². The van der Waals surface area contributed by atoms with Crippen LogP contribution in [0.3, 0.4) is 0 Å². The van der Waals surface area contributed by atoms with Gasteiger partial charge in [0.15, 0.2) is 0 Å². The Labute approximate surface area is 169 Å². The fourth-order valence-electron chi connectivity index (χ4n) is 3.12. The minimum Gasteiger partial charge on any atom is -0.325 e. The molecule has 1 aromatic heterocycles. The largest absolute Gasteiger partial charge is 0.325 e. The number of aryl methyl sites for hydroxylation is 1. The SMILES string of the molecule is CC(C)Sc1c(Cl)cccc1NC(=O)[C@H]1CNC[C@@H]1c1cnn(C)c1.Cl. The third kappa shape index (κ3) is 4.74. The van der Waals surface area contributed by atoms with Crippen molar-refractivity contribution in [3.8, 4) is 0 Å². The van der Waals surface area contributed by atoms with Crippen molar-refractivity contribution in [2.45, 2.75) is 29.9 Å². The molecule has 142 valence electrons. The van der Waals surface area contributed by atoms with E-state index in [1.165, 1.54) is 0 Å². The summed E-state index contributed by atoms with van der Waals surface area (Å²) < 4.78 is 1.77. The molecule has 2 N–H and O–H groups in total. The molecule has 8 heteroatoms. The van der Waals surface area contributed by atoms with Gasteiger partial charge >= 0.3 is 0 Å². The van der Waals surface area contributed by atoms with E-state index in [-0.39, 0.29) is 30.2 Å². The van der Waals surface area contributed by atoms with Crippen molar-refractivity contribution < 1.29 is 4.79 Å². The van der Waals surface area contributed by atoms with E-state index in [2.05, 4.69) is 29.6 Å². The average molecular weight is 415 g/mol. The number of carbonyl (C=O) groups is 1. The van der Waals surface area contributed by atoms with Crippen LogP contribution in [-0.2, 0) is 11.8 Å². The summed E-state index contributed by atoms with van der Waals surface area (Å²) in [5, 5.41) is 11.7. The number of hydrogen-bond acceptors (Lipinski definition) is 4. The van der Waals surface area contributed by atoms with Crippen molar-refractivity contribution in [3.63, 3.8) is 0 Å². The highest BCUT2D eigenvalue weighted by Gasteiger charge is 2.35. The van der Waals surface area contributed by atoms with Crippen LogP contribution in [0.15, 0.2) is 35.5 Å². The average Bonchev–Trinajstić information content (AvgIpc) is 3.18. The number of carbonyl (C=O) groups excluding carboxylic acids is 1. The van der Waals surface area contributed by atoms with Crippen molar-refractivity contribution in [1.82, 2.24) is 15.1 Å². The van der Waals surface area contributed by atoms with Gasteiger partial charge in [0.25, 0.3) is 0 Å². The summed E-state index contributed by atoms with van der Waals surface area (Å²) in [7, 11) is 1.89. The molecule has 1 saturated heterocycles. The van der Waals surface area contributed by atoms with E-state index in [4.69, 9.17) is 11.6 Å². The van der Waals surface area contributed by atoms with Crippen LogP contribution in [0, 0.1) is 5.92 Å². The van der Waals surface area contributed by atoms with Gasteiger partial charge in [-0.15, -0.1) is 24.2 Å². The molecule has 2 heterocycles. The number of benzene rings is 1. The molecule has 5 nitrogen and oxygen atoms in total. The predicted octanol–water partition coefficient (Wildman–Crippen LogP) is 3.94. The van der Waals surface area contributed by atoms with Crippen LogP contribution < -0.4 is 10.6 Å². The number of nitrogens with one attached hydrogen (secondary N) is 2. The van der Waals surface area contributed by atoms with Gasteiger partial charge in [-0.3, -0.25) is 9.48 Å². The minimum atomic E-state index is -0.125. The van der Waals surface area contributed by atoms with Gasteiger partial charge in [0.2, 0.25) is 5.91 Å². The molecule has 0 radical (unpaired) electrons. The molecule has 1 aliphatic rings. The Kier molecular flexibility index (Phi) is 7.41. The van der Waals surface area contributed by atoms with Crippen molar-refractivity contribution in [2.75, 3.05) is 18.4 Å². The van der Waals surface area contributed by atoms with Crippen LogP contribution in [0.4, 0.5) is 5.69 Å². The summed E-state index contributed by atoms with van der Waals surface area (Å²) in [6.07, 6.45) is 3.83. The maximum absolute atomic E-state index is 12.9. The number of hydrogen-bond donors (Lipinski definition) is 2. The van der Waals surface area contributed by atoms with Gasteiger partial charge in [-0.25, -0.2) is 0 Å². The fraction of sp³-hybridized carbons (Fsp3) is 0.444. The zero-order valence-corrected chi connectivity index (χ0v) is 17.4. The Morgan fingerprint density at radius 1 is 1.42 bits per heavy atom. The van der Waals surface area contributed by atoms with E-state index >= 15 is 0 Å². The normalized spacial score (nSPS) is 19.4. The first kappa shape index (κ1) is 21.1. The molecule has 1 amide bonds. The zero-order valence-electron chi connectivity index (χ0n) is 15.0. The standard InChI is InChI=1S/C18H23ClN4OS.ClH/c1-11(2)25-17-15(19)5-4-6-16(17)22-18(24)14-9-20-8-13(14)12-7-21-23(3)10-12;/h4-7,10-11,13-14,20H,8-9H2,1-3H3,(H,22,24);1H/t13-,14+;/m1./s1. The highest BCUT2D eigenvalue weighted by molar-refractivity contribution is 8.00. The second-order valence-electron chi connectivity index (χ2n) is 6.59. The van der Waals surface area contributed by atoms with Gasteiger partial charge in [-0.05, 0) is 17.7 Å². The summed E-state index contributed by atoms with van der Waals surface area (Å²) in [6, 6.07) is 5.64. The molecule has 26 heavy (non-hydrogen) atoms. The van der Waals surface area contributed by atoms with E-state index in [9.17, 15) is 4.79 Å². The zero-order chi connectivity index (χ0) is 18.0. The lowest BCUT2D eigenvalue weighted by Gasteiger charge is -2.19. The first-order valence-corrected chi connectivity index (χ1v) is 9.66. The van der Waals surface area contributed by atoms with Crippen molar-refractivity contribution in [3.05, 3.63) is 41.2 Å². The quantitative estimate of drug-likeness (QED) is 0.727. The van der Waals surface area contributed by atoms with Gasteiger partial charge in [0.05, 0.1) is 22.8 Å². The summed E-state index contributed by atoms with van der Waals surface area (Å²) in [5.41, 5.74) is 1.88. The lowest BCUT2D eigenvalue weighted by Crippen LogP contribution is -2.28. The molecule has 0 unspecified atom stereocenters. The summed E-state index contributed by atoms with van der Waals surface area (Å²) in [4.78, 5) is 13.9. The molecule has 2 aromatic rings. The number of thioether (sulfide) groups is 1. The second-order valence-corrected chi connectivity index (χ2v) is 8.58. The maximum Gasteiger partial charge on any atom is 0.229 e. The maximum atomic E-state index is 12.9.